The van der Waals surface area contributed by atoms with Gasteiger partial charge in [-0.25, -0.2) is 17.5 Å². The highest BCUT2D eigenvalue weighted by atomic mass is 32.2. The van der Waals surface area contributed by atoms with Crippen LogP contribution in [-0.2, 0) is 23.0 Å². The number of furan rings is 1. The minimum atomic E-state index is -3.75. The number of aromatic carboxylic acids is 1. The third-order valence-electron chi connectivity index (χ3n) is 4.28. The maximum absolute atomic E-state index is 12.6. The number of sulfonamides is 1. The number of hydrogen-bond donors (Lipinski definition) is 1. The lowest BCUT2D eigenvalue weighted by Gasteiger charge is -2.28. The van der Waals surface area contributed by atoms with Gasteiger partial charge < -0.3 is 14.4 Å². The van der Waals surface area contributed by atoms with Gasteiger partial charge in [-0.3, -0.25) is 4.79 Å². The molecule has 1 aliphatic rings. The summed E-state index contributed by atoms with van der Waals surface area (Å²) in [6.45, 7) is 0.681. The highest BCUT2D eigenvalue weighted by molar-refractivity contribution is 7.88. The van der Waals surface area contributed by atoms with Crippen molar-refractivity contribution in [3.05, 3.63) is 52.8 Å². The summed E-state index contributed by atoms with van der Waals surface area (Å²) in [5.74, 6) is -1.53. The van der Waals surface area contributed by atoms with Gasteiger partial charge in [-0.05, 0) is 41.8 Å². The molecule has 1 aromatic heterocycles. The van der Waals surface area contributed by atoms with Gasteiger partial charge in [-0.15, -0.1) is 0 Å². The molecule has 0 saturated carbocycles. The first-order valence-electron chi connectivity index (χ1n) is 7.87. The van der Waals surface area contributed by atoms with Crippen molar-refractivity contribution >= 4 is 21.9 Å². The van der Waals surface area contributed by atoms with E-state index in [1.54, 1.807) is 18.2 Å². The van der Waals surface area contributed by atoms with Gasteiger partial charge in [0.2, 0.25) is 5.09 Å². The van der Waals surface area contributed by atoms with E-state index in [2.05, 4.69) is 0 Å². The van der Waals surface area contributed by atoms with Gasteiger partial charge in [0.1, 0.15) is 0 Å². The predicted octanol–water partition coefficient (Wildman–Crippen LogP) is 1.43. The van der Waals surface area contributed by atoms with Crippen molar-refractivity contribution in [2.45, 2.75) is 18.1 Å². The van der Waals surface area contributed by atoms with Crippen LogP contribution < -0.4 is 0 Å². The van der Waals surface area contributed by atoms with Gasteiger partial charge in [-0.1, -0.05) is 6.07 Å². The molecule has 2 aromatic rings. The van der Waals surface area contributed by atoms with Crippen molar-refractivity contribution in [2.24, 2.45) is 0 Å². The molecule has 1 aliphatic heterocycles. The SMILES string of the molecule is CN(C)S(=O)(=O)c1ccc(C(=O)N2CCc3ccc(C(=O)O)cc3C2)o1. The number of carbonyl (C=O) groups is 2. The molecule has 138 valence electrons. The molecular weight excluding hydrogens is 360 g/mol. The zero-order chi connectivity index (χ0) is 19.1. The smallest absolute Gasteiger partial charge is 0.335 e. The number of rotatable bonds is 4. The third-order valence-corrected chi connectivity index (χ3v) is 5.97. The quantitative estimate of drug-likeness (QED) is 0.862. The summed E-state index contributed by atoms with van der Waals surface area (Å²) >= 11 is 0. The van der Waals surface area contributed by atoms with E-state index in [1.165, 1.54) is 31.1 Å². The van der Waals surface area contributed by atoms with E-state index in [4.69, 9.17) is 9.52 Å². The van der Waals surface area contributed by atoms with Crippen LogP contribution in [0, 0.1) is 0 Å². The fourth-order valence-corrected chi connectivity index (χ4v) is 3.57. The Morgan fingerprint density at radius 1 is 1.15 bits per heavy atom. The molecule has 0 fully saturated rings. The summed E-state index contributed by atoms with van der Waals surface area (Å²) in [5, 5.41) is 8.81. The van der Waals surface area contributed by atoms with E-state index in [1.807, 2.05) is 0 Å². The van der Waals surface area contributed by atoms with Gasteiger partial charge in [0.05, 0.1) is 5.56 Å². The van der Waals surface area contributed by atoms with Crippen molar-refractivity contribution in [3.63, 3.8) is 0 Å². The molecule has 0 bridgehead atoms. The number of carboxylic acid groups (broad SMARTS) is 1. The molecule has 1 aromatic carbocycles. The van der Waals surface area contributed by atoms with Crippen LogP contribution in [0.5, 0.6) is 0 Å². The van der Waals surface area contributed by atoms with Crippen LogP contribution in [0.3, 0.4) is 0 Å². The molecule has 9 heteroatoms. The topological polar surface area (TPSA) is 108 Å². The average molecular weight is 378 g/mol. The number of fused-ring (bicyclic) bond motifs is 1. The molecule has 0 spiro atoms. The van der Waals surface area contributed by atoms with Crippen LogP contribution in [0.15, 0.2) is 39.8 Å². The zero-order valence-corrected chi connectivity index (χ0v) is 15.1. The molecule has 0 unspecified atom stereocenters. The van der Waals surface area contributed by atoms with Crippen LogP contribution >= 0.6 is 0 Å². The van der Waals surface area contributed by atoms with E-state index >= 15 is 0 Å². The minimum Gasteiger partial charge on any atom is -0.478 e. The molecule has 0 saturated heterocycles. The first-order chi connectivity index (χ1) is 12.2. The standard InChI is InChI=1S/C17H18N2O6S/c1-18(2)26(23,24)15-6-5-14(25-15)16(20)19-8-7-11-3-4-12(17(21)22)9-13(11)10-19/h3-6,9H,7-8,10H2,1-2H3,(H,21,22). The Balaban J connectivity index is 1.83. The maximum atomic E-state index is 12.6. The Morgan fingerprint density at radius 2 is 1.88 bits per heavy atom. The summed E-state index contributed by atoms with van der Waals surface area (Å²) in [6.07, 6.45) is 0.588. The van der Waals surface area contributed by atoms with Crippen molar-refractivity contribution in [2.75, 3.05) is 20.6 Å². The number of carboxylic acids is 1. The van der Waals surface area contributed by atoms with E-state index in [0.717, 1.165) is 15.4 Å². The second-order valence-corrected chi connectivity index (χ2v) is 8.25. The summed E-state index contributed by atoms with van der Waals surface area (Å²) in [6, 6.07) is 7.45. The molecule has 8 nitrogen and oxygen atoms in total. The fraction of sp³-hybridized carbons (Fsp3) is 0.294. The third kappa shape index (κ3) is 3.23. The van der Waals surface area contributed by atoms with E-state index in [-0.39, 0.29) is 23.0 Å². The van der Waals surface area contributed by atoms with Crippen molar-refractivity contribution < 1.29 is 27.5 Å². The summed E-state index contributed by atoms with van der Waals surface area (Å²) < 4.78 is 30.4. The summed E-state index contributed by atoms with van der Waals surface area (Å²) in [4.78, 5) is 25.3. The van der Waals surface area contributed by atoms with Gasteiger partial charge in [0.25, 0.3) is 15.9 Å². The minimum absolute atomic E-state index is 0.0664. The van der Waals surface area contributed by atoms with Crippen LogP contribution in [0.1, 0.15) is 32.0 Å². The molecule has 1 amide bonds. The summed E-state index contributed by atoms with van der Waals surface area (Å²) in [7, 11) is -1.00. The van der Waals surface area contributed by atoms with Crippen LogP contribution in [0.4, 0.5) is 0 Å². The largest absolute Gasteiger partial charge is 0.478 e. The Bertz CT molecular complexity index is 977. The Kier molecular flexibility index (Phi) is 4.59. The lowest BCUT2D eigenvalue weighted by atomic mass is 9.97. The number of amides is 1. The van der Waals surface area contributed by atoms with Crippen LogP contribution in [-0.4, -0.2) is 55.2 Å². The highest BCUT2D eigenvalue weighted by Crippen LogP contribution is 2.24. The van der Waals surface area contributed by atoms with Crippen LogP contribution in [0.25, 0.3) is 0 Å². The number of carbonyl (C=O) groups excluding carboxylic acids is 1. The van der Waals surface area contributed by atoms with Crippen LogP contribution in [0.2, 0.25) is 0 Å². The predicted molar refractivity (Wildman–Crippen MR) is 91.4 cm³/mol. The van der Waals surface area contributed by atoms with Gasteiger partial charge in [0, 0.05) is 27.2 Å². The maximum Gasteiger partial charge on any atom is 0.335 e. The van der Waals surface area contributed by atoms with E-state index in [0.29, 0.717) is 13.0 Å². The molecule has 26 heavy (non-hydrogen) atoms. The Hall–Kier alpha value is -2.65. The second kappa shape index (κ2) is 6.58. The van der Waals surface area contributed by atoms with Gasteiger partial charge in [0.15, 0.2) is 5.76 Å². The van der Waals surface area contributed by atoms with Gasteiger partial charge >= 0.3 is 5.97 Å². The monoisotopic (exact) mass is 378 g/mol. The Morgan fingerprint density at radius 3 is 2.54 bits per heavy atom. The van der Waals surface area contributed by atoms with Crippen molar-refractivity contribution in [1.82, 2.24) is 9.21 Å². The first-order valence-corrected chi connectivity index (χ1v) is 9.31. The molecule has 0 aliphatic carbocycles. The van der Waals surface area contributed by atoms with E-state index < -0.39 is 21.9 Å². The first kappa shape index (κ1) is 18.2. The van der Waals surface area contributed by atoms with Crippen molar-refractivity contribution in [1.29, 1.82) is 0 Å². The van der Waals surface area contributed by atoms with Gasteiger partial charge in [-0.2, -0.15) is 0 Å². The lowest BCUT2D eigenvalue weighted by Crippen LogP contribution is -2.35. The average Bonchev–Trinajstić information content (AvgIpc) is 3.10. The normalized spacial score (nSPS) is 14.3. The number of benzene rings is 1. The highest BCUT2D eigenvalue weighted by Gasteiger charge is 2.27. The lowest BCUT2D eigenvalue weighted by molar-refractivity contribution is 0.0695. The molecular formula is C17H18N2O6S. The summed E-state index contributed by atoms with van der Waals surface area (Å²) in [5.41, 5.74) is 1.92. The number of nitrogens with zero attached hydrogens (tertiary/aromatic N) is 2. The van der Waals surface area contributed by atoms with E-state index in [9.17, 15) is 18.0 Å². The molecule has 2 heterocycles. The molecule has 1 N–H and O–H groups in total. The Labute approximate surface area is 150 Å². The molecule has 0 atom stereocenters. The molecule has 3 rings (SSSR count). The second-order valence-electron chi connectivity index (χ2n) is 6.17. The fourth-order valence-electron chi connectivity index (χ4n) is 2.77. The number of hydrogen-bond acceptors (Lipinski definition) is 5. The van der Waals surface area contributed by atoms with Crippen molar-refractivity contribution in [3.8, 4) is 0 Å². The zero-order valence-electron chi connectivity index (χ0n) is 14.3. The molecule has 0 radical (unpaired) electrons.